The standard InChI is InChI=1S/C13H18N2O4/c1-4-13(2,3)14-10(16)8-15-6-5-9(12(18)19)7-11(15)17/h5-7H,4,8H2,1-3H3,(H,14,16)(H,18,19). The number of hydrogen-bond donors (Lipinski definition) is 2. The largest absolute Gasteiger partial charge is 0.478 e. The molecule has 0 radical (unpaired) electrons. The number of aromatic nitrogens is 1. The minimum atomic E-state index is -1.17. The summed E-state index contributed by atoms with van der Waals surface area (Å²) in [5, 5.41) is 11.5. The Labute approximate surface area is 111 Å². The molecule has 0 aliphatic heterocycles. The minimum Gasteiger partial charge on any atom is -0.478 e. The Morgan fingerprint density at radius 1 is 1.42 bits per heavy atom. The Kier molecular flexibility index (Phi) is 4.47. The van der Waals surface area contributed by atoms with Crippen LogP contribution in [0, 0.1) is 0 Å². The smallest absolute Gasteiger partial charge is 0.335 e. The normalized spacial score (nSPS) is 11.1. The molecular formula is C13H18N2O4. The van der Waals surface area contributed by atoms with Gasteiger partial charge in [-0.1, -0.05) is 6.92 Å². The van der Waals surface area contributed by atoms with Crippen LogP contribution < -0.4 is 10.9 Å². The molecular weight excluding hydrogens is 248 g/mol. The molecule has 0 fully saturated rings. The fourth-order valence-corrected chi connectivity index (χ4v) is 1.43. The molecule has 6 heteroatoms. The highest BCUT2D eigenvalue weighted by molar-refractivity contribution is 5.87. The molecule has 0 aliphatic carbocycles. The van der Waals surface area contributed by atoms with Gasteiger partial charge in [-0.25, -0.2) is 4.79 Å². The fourth-order valence-electron chi connectivity index (χ4n) is 1.43. The van der Waals surface area contributed by atoms with Crippen molar-refractivity contribution >= 4 is 11.9 Å². The lowest BCUT2D eigenvalue weighted by Crippen LogP contribution is -2.45. The van der Waals surface area contributed by atoms with Crippen molar-refractivity contribution in [1.29, 1.82) is 0 Å². The number of carboxylic acid groups (broad SMARTS) is 1. The van der Waals surface area contributed by atoms with E-state index in [0.717, 1.165) is 12.5 Å². The summed E-state index contributed by atoms with van der Waals surface area (Å²) in [5.74, 6) is -1.45. The van der Waals surface area contributed by atoms with Crippen molar-refractivity contribution in [2.24, 2.45) is 0 Å². The van der Waals surface area contributed by atoms with Gasteiger partial charge in [-0.2, -0.15) is 0 Å². The number of carboxylic acids is 1. The number of nitrogens with one attached hydrogen (secondary N) is 1. The van der Waals surface area contributed by atoms with E-state index >= 15 is 0 Å². The second-order valence-electron chi connectivity index (χ2n) is 4.97. The van der Waals surface area contributed by atoms with Crippen LogP contribution in [0.1, 0.15) is 37.6 Å². The van der Waals surface area contributed by atoms with E-state index in [0.29, 0.717) is 0 Å². The molecule has 1 aromatic rings. The van der Waals surface area contributed by atoms with Crippen molar-refractivity contribution in [1.82, 2.24) is 9.88 Å². The second kappa shape index (κ2) is 5.69. The van der Waals surface area contributed by atoms with Crippen molar-refractivity contribution in [3.8, 4) is 0 Å². The molecule has 104 valence electrons. The van der Waals surface area contributed by atoms with Crippen molar-refractivity contribution in [2.75, 3.05) is 0 Å². The topological polar surface area (TPSA) is 88.4 Å². The first-order valence-corrected chi connectivity index (χ1v) is 6.00. The van der Waals surface area contributed by atoms with Crippen LogP contribution in [0.2, 0.25) is 0 Å². The van der Waals surface area contributed by atoms with Gasteiger partial charge in [0, 0.05) is 17.8 Å². The van der Waals surface area contributed by atoms with Crippen LogP contribution in [-0.2, 0) is 11.3 Å². The van der Waals surface area contributed by atoms with Crippen molar-refractivity contribution < 1.29 is 14.7 Å². The zero-order valence-electron chi connectivity index (χ0n) is 11.3. The first kappa shape index (κ1) is 14.9. The van der Waals surface area contributed by atoms with Gasteiger partial charge in [0.1, 0.15) is 6.54 Å². The molecule has 6 nitrogen and oxygen atoms in total. The Hall–Kier alpha value is -2.11. The summed E-state index contributed by atoms with van der Waals surface area (Å²) >= 11 is 0. The Morgan fingerprint density at radius 3 is 2.53 bits per heavy atom. The van der Waals surface area contributed by atoms with Gasteiger partial charge in [0.15, 0.2) is 0 Å². The van der Waals surface area contributed by atoms with Crippen molar-refractivity contribution in [3.63, 3.8) is 0 Å². The number of rotatable bonds is 5. The molecule has 0 unspecified atom stereocenters. The van der Waals surface area contributed by atoms with Gasteiger partial charge in [-0.05, 0) is 26.3 Å². The average Bonchev–Trinajstić information content (AvgIpc) is 2.30. The summed E-state index contributed by atoms with van der Waals surface area (Å²) in [6, 6.07) is 2.29. The number of carbonyl (C=O) groups excluding carboxylic acids is 1. The SMILES string of the molecule is CCC(C)(C)NC(=O)Cn1ccc(C(=O)O)cc1=O. The average molecular weight is 266 g/mol. The highest BCUT2D eigenvalue weighted by atomic mass is 16.4. The highest BCUT2D eigenvalue weighted by Crippen LogP contribution is 2.06. The van der Waals surface area contributed by atoms with Gasteiger partial charge >= 0.3 is 5.97 Å². The molecule has 2 N–H and O–H groups in total. The monoisotopic (exact) mass is 266 g/mol. The number of carbonyl (C=O) groups is 2. The van der Waals surface area contributed by atoms with Gasteiger partial charge in [-0.3, -0.25) is 9.59 Å². The first-order valence-electron chi connectivity index (χ1n) is 6.00. The summed E-state index contributed by atoms with van der Waals surface area (Å²) in [6.07, 6.45) is 2.08. The molecule has 1 heterocycles. The lowest BCUT2D eigenvalue weighted by atomic mass is 10.0. The van der Waals surface area contributed by atoms with Crippen molar-refractivity contribution in [3.05, 3.63) is 34.2 Å². The number of pyridine rings is 1. The van der Waals surface area contributed by atoms with Crippen LogP contribution in [0.4, 0.5) is 0 Å². The maximum atomic E-state index is 11.8. The Bertz CT molecular complexity index is 546. The molecule has 1 amide bonds. The zero-order valence-corrected chi connectivity index (χ0v) is 11.3. The summed E-state index contributed by atoms with van der Waals surface area (Å²) in [7, 11) is 0. The van der Waals surface area contributed by atoms with Gasteiger partial charge in [0.2, 0.25) is 5.91 Å². The van der Waals surface area contributed by atoms with Crippen LogP contribution >= 0.6 is 0 Å². The van der Waals surface area contributed by atoms with Crippen LogP contribution in [0.15, 0.2) is 23.1 Å². The van der Waals surface area contributed by atoms with E-state index in [1.54, 1.807) is 0 Å². The van der Waals surface area contributed by atoms with E-state index in [4.69, 9.17) is 5.11 Å². The number of amides is 1. The summed E-state index contributed by atoms with van der Waals surface area (Å²) in [5.41, 5.74) is -0.929. The van der Waals surface area contributed by atoms with E-state index in [9.17, 15) is 14.4 Å². The van der Waals surface area contributed by atoms with Gasteiger partial charge in [-0.15, -0.1) is 0 Å². The molecule has 0 atom stereocenters. The Balaban J connectivity index is 2.81. The molecule has 0 spiro atoms. The molecule has 19 heavy (non-hydrogen) atoms. The van der Waals surface area contributed by atoms with Gasteiger partial charge in [0.25, 0.3) is 5.56 Å². The predicted molar refractivity (Wildman–Crippen MR) is 70.2 cm³/mol. The lowest BCUT2D eigenvalue weighted by Gasteiger charge is -2.24. The second-order valence-corrected chi connectivity index (χ2v) is 4.97. The fraction of sp³-hybridized carbons (Fsp3) is 0.462. The van der Waals surface area contributed by atoms with Crippen LogP contribution in [-0.4, -0.2) is 27.1 Å². The minimum absolute atomic E-state index is 0.0875. The molecule has 0 bridgehead atoms. The molecule has 0 aromatic carbocycles. The molecule has 1 rings (SSSR count). The third-order valence-corrected chi connectivity index (χ3v) is 2.92. The third kappa shape index (κ3) is 4.24. The quantitative estimate of drug-likeness (QED) is 0.827. The van der Waals surface area contributed by atoms with Crippen LogP contribution in [0.25, 0.3) is 0 Å². The molecule has 1 aromatic heterocycles. The maximum Gasteiger partial charge on any atom is 0.335 e. The first-order chi connectivity index (χ1) is 8.75. The molecule has 0 aliphatic rings. The van der Waals surface area contributed by atoms with E-state index in [2.05, 4.69) is 5.32 Å². The predicted octanol–water partition coefficient (Wildman–Crippen LogP) is 0.851. The zero-order chi connectivity index (χ0) is 14.6. The highest BCUT2D eigenvalue weighted by Gasteiger charge is 2.18. The van der Waals surface area contributed by atoms with Crippen LogP contribution in [0.3, 0.4) is 0 Å². The van der Waals surface area contributed by atoms with E-state index < -0.39 is 11.5 Å². The maximum absolute atomic E-state index is 11.8. The molecule has 0 saturated carbocycles. The third-order valence-electron chi connectivity index (χ3n) is 2.92. The van der Waals surface area contributed by atoms with E-state index in [1.165, 1.54) is 16.8 Å². The Morgan fingerprint density at radius 2 is 2.05 bits per heavy atom. The van der Waals surface area contributed by atoms with Crippen molar-refractivity contribution in [2.45, 2.75) is 39.3 Å². The molecule has 0 saturated heterocycles. The lowest BCUT2D eigenvalue weighted by molar-refractivity contribution is -0.123. The number of hydrogen-bond acceptors (Lipinski definition) is 3. The van der Waals surface area contributed by atoms with Crippen LogP contribution in [0.5, 0.6) is 0 Å². The summed E-state index contributed by atoms with van der Waals surface area (Å²) in [6.45, 7) is 5.61. The summed E-state index contributed by atoms with van der Waals surface area (Å²) < 4.78 is 1.17. The number of aromatic carboxylic acids is 1. The van der Waals surface area contributed by atoms with E-state index in [1.807, 2.05) is 20.8 Å². The van der Waals surface area contributed by atoms with Gasteiger partial charge < -0.3 is 15.0 Å². The number of nitrogens with zero attached hydrogens (tertiary/aromatic N) is 1. The summed E-state index contributed by atoms with van der Waals surface area (Å²) in [4.78, 5) is 34.1. The van der Waals surface area contributed by atoms with E-state index in [-0.39, 0.29) is 23.6 Å². The van der Waals surface area contributed by atoms with Gasteiger partial charge in [0.05, 0.1) is 5.56 Å².